The van der Waals surface area contributed by atoms with Crippen molar-refractivity contribution < 1.29 is 17.4 Å². The number of nitrogens with zero attached hydrogens (tertiary/aromatic N) is 1. The summed E-state index contributed by atoms with van der Waals surface area (Å²) < 4.78 is 30.2. The topological polar surface area (TPSA) is 96.3 Å². The molecule has 3 aromatic carbocycles. The van der Waals surface area contributed by atoms with Crippen LogP contribution in [0.5, 0.6) is 5.75 Å². The highest BCUT2D eigenvalue weighted by Gasteiger charge is 2.17. The quantitative estimate of drug-likeness (QED) is 0.303. The Kier molecular flexibility index (Phi) is 6.98. The SMILES string of the molecule is Cc1ccc(S(=O)(=O)Oc2cccc(/C=C(/C#N)C(=O)Nc3ccc(C)c(Cl)c3)c2)cc1. The summed E-state index contributed by atoms with van der Waals surface area (Å²) in [4.78, 5) is 12.5. The molecule has 0 aliphatic carbocycles. The third-order valence-electron chi connectivity index (χ3n) is 4.48. The molecule has 0 fully saturated rings. The molecule has 0 saturated carbocycles. The highest BCUT2D eigenvalue weighted by molar-refractivity contribution is 7.87. The Hall–Kier alpha value is -3.60. The number of benzene rings is 3. The zero-order valence-electron chi connectivity index (χ0n) is 17.3. The third kappa shape index (κ3) is 5.76. The number of carbonyl (C=O) groups is 1. The van der Waals surface area contributed by atoms with Crippen LogP contribution < -0.4 is 9.50 Å². The van der Waals surface area contributed by atoms with Crippen LogP contribution in [-0.2, 0) is 14.9 Å². The summed E-state index contributed by atoms with van der Waals surface area (Å²) in [6.45, 7) is 3.69. The predicted molar refractivity (Wildman–Crippen MR) is 124 cm³/mol. The maximum atomic E-state index is 12.5. The van der Waals surface area contributed by atoms with Crippen molar-refractivity contribution in [2.24, 2.45) is 0 Å². The first-order valence-electron chi connectivity index (χ1n) is 9.48. The molecule has 3 aromatic rings. The van der Waals surface area contributed by atoms with Crippen molar-refractivity contribution >= 4 is 39.4 Å². The zero-order chi connectivity index (χ0) is 23.3. The molecule has 162 valence electrons. The van der Waals surface area contributed by atoms with Gasteiger partial charge in [-0.3, -0.25) is 4.79 Å². The van der Waals surface area contributed by atoms with Crippen LogP contribution in [0.15, 0.2) is 77.2 Å². The molecule has 0 heterocycles. The van der Waals surface area contributed by atoms with Gasteiger partial charge in [0.15, 0.2) is 0 Å². The van der Waals surface area contributed by atoms with E-state index in [0.717, 1.165) is 11.1 Å². The molecule has 0 aromatic heterocycles. The smallest absolute Gasteiger partial charge is 0.339 e. The molecule has 0 aliphatic heterocycles. The van der Waals surface area contributed by atoms with Gasteiger partial charge in [0.1, 0.15) is 22.3 Å². The van der Waals surface area contributed by atoms with Crippen LogP contribution in [-0.4, -0.2) is 14.3 Å². The van der Waals surface area contributed by atoms with Crippen molar-refractivity contribution in [2.75, 3.05) is 5.32 Å². The highest BCUT2D eigenvalue weighted by Crippen LogP contribution is 2.23. The van der Waals surface area contributed by atoms with Crippen molar-refractivity contribution in [1.82, 2.24) is 0 Å². The standard InChI is InChI=1S/C24H19ClN2O4S/c1-16-6-10-22(11-7-16)32(29,30)31-21-5-3-4-18(13-21)12-19(15-26)24(28)27-20-9-8-17(2)23(25)14-20/h3-14H,1-2H3,(H,27,28)/b19-12-. The molecule has 0 unspecified atom stereocenters. The van der Waals surface area contributed by atoms with E-state index in [2.05, 4.69) is 5.32 Å². The van der Waals surface area contributed by atoms with Gasteiger partial charge < -0.3 is 9.50 Å². The Balaban J connectivity index is 1.80. The molecule has 1 amide bonds. The van der Waals surface area contributed by atoms with Crippen LogP contribution >= 0.6 is 11.6 Å². The maximum absolute atomic E-state index is 12.5. The highest BCUT2D eigenvalue weighted by atomic mass is 35.5. The molecule has 32 heavy (non-hydrogen) atoms. The molecule has 8 heteroatoms. The van der Waals surface area contributed by atoms with E-state index in [1.807, 2.05) is 19.9 Å². The lowest BCUT2D eigenvalue weighted by molar-refractivity contribution is -0.112. The molecule has 0 aliphatic rings. The first kappa shape index (κ1) is 23.1. The van der Waals surface area contributed by atoms with E-state index in [1.165, 1.54) is 30.3 Å². The minimum Gasteiger partial charge on any atom is -0.379 e. The van der Waals surface area contributed by atoms with Crippen molar-refractivity contribution in [1.29, 1.82) is 5.26 Å². The van der Waals surface area contributed by atoms with E-state index >= 15 is 0 Å². The minimum absolute atomic E-state index is 0.0258. The van der Waals surface area contributed by atoms with Gasteiger partial charge in [-0.15, -0.1) is 0 Å². The molecular formula is C24H19ClN2O4S. The Morgan fingerprint density at radius 2 is 1.78 bits per heavy atom. The van der Waals surface area contributed by atoms with E-state index in [0.29, 0.717) is 16.3 Å². The van der Waals surface area contributed by atoms with Gasteiger partial charge in [-0.2, -0.15) is 13.7 Å². The van der Waals surface area contributed by atoms with Gasteiger partial charge >= 0.3 is 10.1 Å². The van der Waals surface area contributed by atoms with Crippen LogP contribution in [0.2, 0.25) is 5.02 Å². The fraction of sp³-hybridized carbons (Fsp3) is 0.0833. The van der Waals surface area contributed by atoms with E-state index < -0.39 is 16.0 Å². The molecular weight excluding hydrogens is 448 g/mol. The number of halogens is 1. The summed E-state index contributed by atoms with van der Waals surface area (Å²) >= 11 is 6.07. The summed E-state index contributed by atoms with van der Waals surface area (Å²) in [5, 5.41) is 12.5. The van der Waals surface area contributed by atoms with Crippen molar-refractivity contribution in [3.05, 3.63) is 94.0 Å². The summed E-state index contributed by atoms with van der Waals surface area (Å²) in [5.74, 6) is -0.562. The van der Waals surface area contributed by atoms with E-state index in [-0.39, 0.29) is 16.2 Å². The lowest BCUT2D eigenvalue weighted by Crippen LogP contribution is -2.13. The summed E-state index contributed by atoms with van der Waals surface area (Å²) in [6.07, 6.45) is 1.34. The molecule has 0 saturated heterocycles. The van der Waals surface area contributed by atoms with Crippen molar-refractivity contribution in [2.45, 2.75) is 18.7 Å². The van der Waals surface area contributed by atoms with Crippen LogP contribution in [0, 0.1) is 25.2 Å². The Bertz CT molecular complexity index is 1340. The Labute approximate surface area is 191 Å². The second-order valence-electron chi connectivity index (χ2n) is 7.01. The molecule has 3 rings (SSSR count). The predicted octanol–water partition coefficient (Wildman–Crippen LogP) is 5.27. The van der Waals surface area contributed by atoms with Gasteiger partial charge in [0, 0.05) is 10.7 Å². The minimum atomic E-state index is -4.02. The van der Waals surface area contributed by atoms with Gasteiger partial charge in [0.05, 0.1) is 0 Å². The first-order valence-corrected chi connectivity index (χ1v) is 11.3. The largest absolute Gasteiger partial charge is 0.379 e. The van der Waals surface area contributed by atoms with Crippen molar-refractivity contribution in [3.8, 4) is 11.8 Å². The first-order chi connectivity index (χ1) is 15.2. The van der Waals surface area contributed by atoms with Crippen LogP contribution in [0.1, 0.15) is 16.7 Å². The summed E-state index contributed by atoms with van der Waals surface area (Å²) in [6, 6.07) is 19.2. The number of aryl methyl sites for hydroxylation is 2. The number of nitrogens with one attached hydrogen (secondary N) is 1. The van der Waals surface area contributed by atoms with Gasteiger partial charge in [0.25, 0.3) is 5.91 Å². The fourth-order valence-corrected chi connectivity index (χ4v) is 3.82. The Morgan fingerprint density at radius 3 is 2.44 bits per heavy atom. The van der Waals surface area contributed by atoms with Crippen molar-refractivity contribution in [3.63, 3.8) is 0 Å². The Morgan fingerprint density at radius 1 is 1.06 bits per heavy atom. The van der Waals surface area contributed by atoms with Crippen LogP contribution in [0.25, 0.3) is 6.08 Å². The number of amides is 1. The summed E-state index contributed by atoms with van der Waals surface area (Å²) in [7, 11) is -4.02. The second-order valence-corrected chi connectivity index (χ2v) is 8.96. The van der Waals surface area contributed by atoms with Gasteiger partial charge in [-0.25, -0.2) is 0 Å². The lowest BCUT2D eigenvalue weighted by atomic mass is 10.1. The molecule has 1 N–H and O–H groups in total. The number of hydrogen-bond donors (Lipinski definition) is 1. The second kappa shape index (κ2) is 9.69. The normalized spacial score (nSPS) is 11.5. The molecule has 6 nitrogen and oxygen atoms in total. The molecule has 0 spiro atoms. The number of carbonyl (C=O) groups excluding carboxylic acids is 1. The molecule has 0 radical (unpaired) electrons. The monoisotopic (exact) mass is 466 g/mol. The molecule has 0 atom stereocenters. The number of rotatable bonds is 6. The zero-order valence-corrected chi connectivity index (χ0v) is 18.9. The van der Waals surface area contributed by atoms with E-state index in [4.69, 9.17) is 15.8 Å². The summed E-state index contributed by atoms with van der Waals surface area (Å²) in [5.41, 5.74) is 2.49. The third-order valence-corrected chi connectivity index (χ3v) is 6.15. The van der Waals surface area contributed by atoms with Crippen LogP contribution in [0.3, 0.4) is 0 Å². The average molecular weight is 467 g/mol. The van der Waals surface area contributed by atoms with Gasteiger partial charge in [-0.05, 0) is 67.4 Å². The lowest BCUT2D eigenvalue weighted by Gasteiger charge is -2.08. The fourth-order valence-electron chi connectivity index (χ4n) is 2.72. The number of nitriles is 1. The van der Waals surface area contributed by atoms with Gasteiger partial charge in [-0.1, -0.05) is 47.5 Å². The molecule has 0 bridgehead atoms. The maximum Gasteiger partial charge on any atom is 0.339 e. The van der Waals surface area contributed by atoms with Crippen LogP contribution in [0.4, 0.5) is 5.69 Å². The van der Waals surface area contributed by atoms with E-state index in [9.17, 15) is 18.5 Å². The average Bonchev–Trinajstić information content (AvgIpc) is 2.75. The number of anilines is 1. The van der Waals surface area contributed by atoms with Gasteiger partial charge in [0.2, 0.25) is 0 Å². The van der Waals surface area contributed by atoms with E-state index in [1.54, 1.807) is 42.5 Å². The number of hydrogen-bond acceptors (Lipinski definition) is 5.